The molecule has 1 aliphatic carbocycles. The highest BCUT2D eigenvalue weighted by Gasteiger charge is 2.28. The van der Waals surface area contributed by atoms with E-state index in [2.05, 4.69) is 15.9 Å². The maximum absolute atomic E-state index is 9.50. The molecular formula is C9H10BrNO. The molecule has 2 atom stereocenters. The van der Waals surface area contributed by atoms with E-state index in [9.17, 15) is 5.11 Å². The Bertz CT molecular complexity index is 313. The lowest BCUT2D eigenvalue weighted by Gasteiger charge is -2.07. The van der Waals surface area contributed by atoms with Crippen molar-refractivity contribution in [3.05, 3.63) is 33.8 Å². The lowest BCUT2D eigenvalue weighted by molar-refractivity contribution is 0.158. The van der Waals surface area contributed by atoms with Gasteiger partial charge in [0.1, 0.15) is 0 Å². The third-order valence-corrected chi connectivity index (χ3v) is 3.08. The second kappa shape index (κ2) is 2.83. The van der Waals surface area contributed by atoms with Crippen molar-refractivity contribution in [1.29, 1.82) is 0 Å². The van der Waals surface area contributed by atoms with Gasteiger partial charge in [-0.3, -0.25) is 0 Å². The molecule has 0 radical (unpaired) electrons. The predicted molar refractivity (Wildman–Crippen MR) is 50.8 cm³/mol. The number of fused-ring (bicyclic) bond motifs is 1. The Balaban J connectivity index is 2.53. The lowest BCUT2D eigenvalue weighted by Crippen LogP contribution is -2.21. The molecule has 0 fully saturated rings. The molecule has 0 amide bonds. The summed E-state index contributed by atoms with van der Waals surface area (Å²) in [5, 5.41) is 9.50. The number of benzene rings is 1. The van der Waals surface area contributed by atoms with Crippen LogP contribution in [-0.4, -0.2) is 11.2 Å². The van der Waals surface area contributed by atoms with Gasteiger partial charge in [0, 0.05) is 10.9 Å². The van der Waals surface area contributed by atoms with E-state index in [1.54, 1.807) is 0 Å². The average Bonchev–Trinajstić information content (AvgIpc) is 2.32. The molecule has 1 aliphatic rings. The van der Waals surface area contributed by atoms with Gasteiger partial charge in [0.25, 0.3) is 0 Å². The van der Waals surface area contributed by atoms with E-state index in [0.29, 0.717) is 6.42 Å². The molecule has 3 N–H and O–H groups in total. The molecule has 12 heavy (non-hydrogen) atoms. The van der Waals surface area contributed by atoms with Crippen LogP contribution in [0.1, 0.15) is 17.2 Å². The maximum Gasteiger partial charge on any atom is 0.0773 e. The molecule has 64 valence electrons. The van der Waals surface area contributed by atoms with E-state index in [1.165, 1.54) is 0 Å². The van der Waals surface area contributed by atoms with Gasteiger partial charge in [0.2, 0.25) is 0 Å². The molecule has 0 saturated carbocycles. The van der Waals surface area contributed by atoms with Crippen LogP contribution in [-0.2, 0) is 6.42 Å². The first kappa shape index (κ1) is 8.23. The van der Waals surface area contributed by atoms with Crippen LogP contribution in [0.2, 0.25) is 0 Å². The number of aliphatic hydroxyl groups is 1. The van der Waals surface area contributed by atoms with Crippen molar-refractivity contribution in [3.63, 3.8) is 0 Å². The molecule has 0 heterocycles. The minimum absolute atomic E-state index is 0.211. The Hall–Kier alpha value is -0.380. The van der Waals surface area contributed by atoms with Gasteiger partial charge in [-0.25, -0.2) is 0 Å². The molecule has 1 aromatic carbocycles. The molecule has 0 aromatic heterocycles. The minimum Gasteiger partial charge on any atom is -0.391 e. The molecule has 2 rings (SSSR count). The number of hydrogen-bond donors (Lipinski definition) is 2. The van der Waals surface area contributed by atoms with Crippen LogP contribution in [0.3, 0.4) is 0 Å². The maximum atomic E-state index is 9.50. The fourth-order valence-corrected chi connectivity index (χ4v) is 2.19. The lowest BCUT2D eigenvalue weighted by atomic mass is 10.1. The van der Waals surface area contributed by atoms with Crippen LogP contribution in [0.15, 0.2) is 22.7 Å². The summed E-state index contributed by atoms with van der Waals surface area (Å²) < 4.78 is 1.05. The van der Waals surface area contributed by atoms with Crippen molar-refractivity contribution in [1.82, 2.24) is 0 Å². The van der Waals surface area contributed by atoms with E-state index in [-0.39, 0.29) is 6.04 Å². The highest BCUT2D eigenvalue weighted by Crippen LogP contribution is 2.34. The van der Waals surface area contributed by atoms with Gasteiger partial charge in [-0.15, -0.1) is 0 Å². The van der Waals surface area contributed by atoms with Crippen LogP contribution in [0.5, 0.6) is 0 Å². The van der Waals surface area contributed by atoms with Crippen LogP contribution in [0.4, 0.5) is 0 Å². The topological polar surface area (TPSA) is 46.2 Å². The molecule has 0 spiro atoms. The van der Waals surface area contributed by atoms with Crippen LogP contribution in [0, 0.1) is 0 Å². The predicted octanol–water partition coefficient (Wildman–Crippen LogP) is 1.37. The summed E-state index contributed by atoms with van der Waals surface area (Å²) in [5.74, 6) is 0. The van der Waals surface area contributed by atoms with E-state index in [1.807, 2.05) is 18.2 Å². The molecule has 0 aliphatic heterocycles. The Kier molecular flexibility index (Phi) is 1.94. The van der Waals surface area contributed by atoms with Crippen LogP contribution < -0.4 is 5.73 Å². The average molecular weight is 228 g/mol. The Morgan fingerprint density at radius 2 is 2.25 bits per heavy atom. The number of hydrogen-bond acceptors (Lipinski definition) is 2. The summed E-state index contributed by atoms with van der Waals surface area (Å²) in [6.45, 7) is 0. The first-order valence-electron chi connectivity index (χ1n) is 3.91. The summed E-state index contributed by atoms with van der Waals surface area (Å²) in [6.07, 6.45) is 0.247. The number of nitrogens with two attached hydrogens (primary N) is 1. The third kappa shape index (κ3) is 1.09. The standard InChI is InChI=1S/C9H10BrNO/c10-7-3-1-2-5-6(7)4-8(12)9(5)11/h1-3,8-9,12H,4,11H2/t8-,9-/m1/s1. The molecule has 0 bridgehead atoms. The van der Waals surface area contributed by atoms with Gasteiger partial charge in [-0.2, -0.15) is 0 Å². The zero-order chi connectivity index (χ0) is 8.72. The van der Waals surface area contributed by atoms with E-state index in [4.69, 9.17) is 5.73 Å². The second-order valence-electron chi connectivity index (χ2n) is 3.10. The largest absolute Gasteiger partial charge is 0.391 e. The highest BCUT2D eigenvalue weighted by molar-refractivity contribution is 9.10. The van der Waals surface area contributed by atoms with Crippen LogP contribution >= 0.6 is 15.9 Å². The van der Waals surface area contributed by atoms with Crippen molar-refractivity contribution in [2.45, 2.75) is 18.6 Å². The van der Waals surface area contributed by atoms with E-state index in [0.717, 1.165) is 15.6 Å². The van der Waals surface area contributed by atoms with Gasteiger partial charge in [0.15, 0.2) is 0 Å². The Morgan fingerprint density at radius 1 is 1.50 bits per heavy atom. The monoisotopic (exact) mass is 227 g/mol. The van der Waals surface area contributed by atoms with Crippen molar-refractivity contribution < 1.29 is 5.11 Å². The normalized spacial score (nSPS) is 27.2. The molecule has 0 unspecified atom stereocenters. The van der Waals surface area contributed by atoms with Gasteiger partial charge in [-0.05, 0) is 17.2 Å². The molecule has 3 heteroatoms. The third-order valence-electron chi connectivity index (χ3n) is 2.34. The fraction of sp³-hybridized carbons (Fsp3) is 0.333. The highest BCUT2D eigenvalue weighted by atomic mass is 79.9. The fourth-order valence-electron chi connectivity index (χ4n) is 1.65. The summed E-state index contributed by atoms with van der Waals surface area (Å²) in [7, 11) is 0. The molecular weight excluding hydrogens is 218 g/mol. The summed E-state index contributed by atoms with van der Waals surface area (Å²) in [6, 6.07) is 5.68. The summed E-state index contributed by atoms with van der Waals surface area (Å²) in [5.41, 5.74) is 8.00. The van der Waals surface area contributed by atoms with Gasteiger partial charge in [0.05, 0.1) is 12.1 Å². The van der Waals surface area contributed by atoms with E-state index >= 15 is 0 Å². The zero-order valence-corrected chi connectivity index (χ0v) is 8.08. The summed E-state index contributed by atoms with van der Waals surface area (Å²) >= 11 is 3.44. The molecule has 1 aromatic rings. The molecule has 2 nitrogen and oxygen atoms in total. The Labute approximate surface area is 79.5 Å². The van der Waals surface area contributed by atoms with Crippen molar-refractivity contribution in [2.24, 2.45) is 5.73 Å². The quantitative estimate of drug-likeness (QED) is 0.704. The SMILES string of the molecule is N[C@@H]1c2cccc(Br)c2C[C@H]1O. The second-order valence-corrected chi connectivity index (χ2v) is 3.96. The summed E-state index contributed by atoms with van der Waals surface area (Å²) in [4.78, 5) is 0. The number of rotatable bonds is 0. The first-order valence-corrected chi connectivity index (χ1v) is 4.70. The minimum atomic E-state index is -0.418. The number of halogens is 1. The smallest absolute Gasteiger partial charge is 0.0773 e. The zero-order valence-electron chi connectivity index (χ0n) is 6.50. The Morgan fingerprint density at radius 3 is 2.92 bits per heavy atom. The van der Waals surface area contributed by atoms with Crippen molar-refractivity contribution in [3.8, 4) is 0 Å². The first-order chi connectivity index (χ1) is 5.70. The van der Waals surface area contributed by atoms with Crippen molar-refractivity contribution >= 4 is 15.9 Å². The van der Waals surface area contributed by atoms with Crippen molar-refractivity contribution in [2.75, 3.05) is 0 Å². The van der Waals surface area contributed by atoms with Gasteiger partial charge < -0.3 is 10.8 Å². The molecule has 0 saturated heterocycles. The van der Waals surface area contributed by atoms with Gasteiger partial charge in [-0.1, -0.05) is 28.1 Å². The van der Waals surface area contributed by atoms with Gasteiger partial charge >= 0.3 is 0 Å². The number of aliphatic hydroxyl groups excluding tert-OH is 1. The van der Waals surface area contributed by atoms with E-state index < -0.39 is 6.10 Å². The van der Waals surface area contributed by atoms with Crippen LogP contribution in [0.25, 0.3) is 0 Å².